The SMILES string of the molecule is CN(CC(=O)N1CCSCC1)c1ncnc2nc[nH]c12. The summed E-state index contributed by atoms with van der Waals surface area (Å²) in [6, 6.07) is 0. The Balaban J connectivity index is 1.73. The van der Waals surface area contributed by atoms with Crippen molar-refractivity contribution < 1.29 is 4.79 Å². The minimum atomic E-state index is 0.138. The van der Waals surface area contributed by atoms with E-state index in [1.54, 1.807) is 6.33 Å². The van der Waals surface area contributed by atoms with Gasteiger partial charge in [0.15, 0.2) is 11.5 Å². The van der Waals surface area contributed by atoms with E-state index in [-0.39, 0.29) is 5.91 Å². The highest BCUT2D eigenvalue weighted by Gasteiger charge is 2.20. The van der Waals surface area contributed by atoms with Crippen LogP contribution in [0.1, 0.15) is 0 Å². The second-order valence-corrected chi connectivity index (χ2v) is 5.87. The van der Waals surface area contributed by atoms with Gasteiger partial charge in [-0.05, 0) is 0 Å². The predicted octanol–water partition coefficient (Wildman–Crippen LogP) is 0.364. The molecule has 1 N–H and O–H groups in total. The number of imidazole rings is 1. The van der Waals surface area contributed by atoms with Gasteiger partial charge in [-0.15, -0.1) is 0 Å². The molecule has 1 aliphatic rings. The number of anilines is 1. The fraction of sp³-hybridized carbons (Fsp3) is 0.500. The molecule has 0 radical (unpaired) electrons. The smallest absolute Gasteiger partial charge is 0.242 e. The molecule has 0 bridgehead atoms. The van der Waals surface area contributed by atoms with Crippen molar-refractivity contribution >= 4 is 34.7 Å². The van der Waals surface area contributed by atoms with Crippen molar-refractivity contribution in [3.05, 3.63) is 12.7 Å². The lowest BCUT2D eigenvalue weighted by Crippen LogP contribution is -2.43. The van der Waals surface area contributed by atoms with Crippen molar-refractivity contribution in [2.45, 2.75) is 0 Å². The lowest BCUT2D eigenvalue weighted by atomic mass is 10.4. The third kappa shape index (κ3) is 2.55. The highest BCUT2D eigenvalue weighted by atomic mass is 32.2. The molecule has 0 aliphatic carbocycles. The van der Waals surface area contributed by atoms with Crippen LogP contribution in [0.3, 0.4) is 0 Å². The van der Waals surface area contributed by atoms with E-state index < -0.39 is 0 Å². The van der Waals surface area contributed by atoms with Crippen LogP contribution in [0.4, 0.5) is 5.82 Å². The molecule has 2 aromatic rings. The summed E-state index contributed by atoms with van der Waals surface area (Å²) in [5.74, 6) is 2.88. The minimum absolute atomic E-state index is 0.138. The number of carbonyl (C=O) groups is 1. The van der Waals surface area contributed by atoms with E-state index in [0.29, 0.717) is 18.0 Å². The Hall–Kier alpha value is -1.83. The van der Waals surface area contributed by atoms with Gasteiger partial charge in [-0.1, -0.05) is 0 Å². The molecule has 7 nitrogen and oxygen atoms in total. The Bertz CT molecular complexity index is 609. The maximum Gasteiger partial charge on any atom is 0.242 e. The number of fused-ring (bicyclic) bond motifs is 1. The number of hydrogen-bond donors (Lipinski definition) is 1. The van der Waals surface area contributed by atoms with Crippen molar-refractivity contribution in [3.63, 3.8) is 0 Å². The molecule has 0 spiro atoms. The predicted molar refractivity (Wildman–Crippen MR) is 78.9 cm³/mol. The summed E-state index contributed by atoms with van der Waals surface area (Å²) in [4.78, 5) is 31.5. The van der Waals surface area contributed by atoms with Crippen molar-refractivity contribution in [1.29, 1.82) is 0 Å². The van der Waals surface area contributed by atoms with Crippen molar-refractivity contribution in [2.24, 2.45) is 0 Å². The van der Waals surface area contributed by atoms with Crippen LogP contribution in [-0.4, -0.2) is 68.9 Å². The standard InChI is InChI=1S/C12H16N6OS/c1-17(6-9(19)18-2-4-20-5-3-18)12-10-11(14-7-13-10)15-8-16-12/h7-8H,2-6H2,1H3,(H,13,14,15,16). The zero-order valence-electron chi connectivity index (χ0n) is 11.2. The molecule has 1 saturated heterocycles. The highest BCUT2D eigenvalue weighted by Crippen LogP contribution is 2.18. The summed E-state index contributed by atoms with van der Waals surface area (Å²) < 4.78 is 0. The molecule has 3 heterocycles. The number of hydrogen-bond acceptors (Lipinski definition) is 6. The highest BCUT2D eigenvalue weighted by molar-refractivity contribution is 7.99. The third-order valence-corrected chi connectivity index (χ3v) is 4.24. The first kappa shape index (κ1) is 13.2. The van der Waals surface area contributed by atoms with Crippen LogP contribution in [0.15, 0.2) is 12.7 Å². The Morgan fingerprint density at radius 1 is 1.40 bits per heavy atom. The van der Waals surface area contributed by atoms with Crippen LogP contribution in [0, 0.1) is 0 Å². The van der Waals surface area contributed by atoms with Gasteiger partial charge < -0.3 is 14.8 Å². The molecule has 20 heavy (non-hydrogen) atoms. The molecule has 0 saturated carbocycles. The van der Waals surface area contributed by atoms with E-state index >= 15 is 0 Å². The zero-order chi connectivity index (χ0) is 13.9. The molecule has 0 aromatic carbocycles. The molecular weight excluding hydrogens is 276 g/mol. The first-order valence-electron chi connectivity index (χ1n) is 6.46. The second kappa shape index (κ2) is 5.66. The van der Waals surface area contributed by atoms with E-state index in [1.165, 1.54) is 6.33 Å². The number of rotatable bonds is 3. The monoisotopic (exact) mass is 292 g/mol. The molecule has 1 fully saturated rings. The molecule has 2 aromatic heterocycles. The molecule has 1 amide bonds. The normalized spacial score (nSPS) is 15.6. The van der Waals surface area contributed by atoms with Gasteiger partial charge in [0.2, 0.25) is 5.91 Å². The quantitative estimate of drug-likeness (QED) is 0.880. The van der Waals surface area contributed by atoms with Crippen LogP contribution in [0.2, 0.25) is 0 Å². The van der Waals surface area contributed by atoms with Crippen molar-refractivity contribution in [3.8, 4) is 0 Å². The average Bonchev–Trinajstić information content (AvgIpc) is 2.96. The van der Waals surface area contributed by atoms with Gasteiger partial charge >= 0.3 is 0 Å². The number of thioether (sulfide) groups is 1. The van der Waals surface area contributed by atoms with E-state index in [1.807, 2.05) is 28.6 Å². The van der Waals surface area contributed by atoms with Crippen LogP contribution in [0.5, 0.6) is 0 Å². The summed E-state index contributed by atoms with van der Waals surface area (Å²) in [5, 5.41) is 0. The Morgan fingerprint density at radius 3 is 3.00 bits per heavy atom. The first-order valence-corrected chi connectivity index (χ1v) is 7.62. The molecule has 1 aliphatic heterocycles. The molecule has 0 unspecified atom stereocenters. The maximum absolute atomic E-state index is 12.3. The number of likely N-dealkylation sites (N-methyl/N-ethyl adjacent to an activating group) is 1. The molecule has 0 atom stereocenters. The summed E-state index contributed by atoms with van der Waals surface area (Å²) in [7, 11) is 1.86. The second-order valence-electron chi connectivity index (χ2n) is 4.65. The van der Waals surface area contributed by atoms with Crippen molar-refractivity contribution in [2.75, 3.05) is 43.1 Å². The summed E-state index contributed by atoms with van der Waals surface area (Å²) >= 11 is 1.89. The maximum atomic E-state index is 12.3. The zero-order valence-corrected chi connectivity index (χ0v) is 12.1. The summed E-state index contributed by atoms with van der Waals surface area (Å²) in [6.07, 6.45) is 3.05. The number of nitrogens with one attached hydrogen (secondary N) is 1. The molecule has 106 valence electrons. The van der Waals surface area contributed by atoms with Gasteiger partial charge in [0.25, 0.3) is 0 Å². The molecule has 3 rings (SSSR count). The van der Waals surface area contributed by atoms with Gasteiger partial charge in [-0.2, -0.15) is 11.8 Å². The van der Waals surface area contributed by atoms with Gasteiger partial charge in [0, 0.05) is 31.6 Å². The number of aromatic nitrogens is 4. The van der Waals surface area contributed by atoms with Gasteiger partial charge in [0.05, 0.1) is 12.9 Å². The van der Waals surface area contributed by atoms with Crippen molar-refractivity contribution in [1.82, 2.24) is 24.8 Å². The Morgan fingerprint density at radius 2 is 2.20 bits per heavy atom. The first-order chi connectivity index (χ1) is 9.75. The molecule has 8 heteroatoms. The number of nitrogens with zero attached hydrogens (tertiary/aromatic N) is 5. The molecular formula is C12H16N6OS. The number of aromatic amines is 1. The minimum Gasteiger partial charge on any atom is -0.348 e. The van der Waals surface area contributed by atoms with Gasteiger partial charge in [-0.3, -0.25) is 4.79 Å². The van der Waals surface area contributed by atoms with E-state index in [2.05, 4.69) is 19.9 Å². The number of H-pyrrole nitrogens is 1. The summed E-state index contributed by atoms with van der Waals surface area (Å²) in [6.45, 7) is 1.98. The lowest BCUT2D eigenvalue weighted by molar-refractivity contribution is -0.129. The van der Waals surface area contributed by atoms with Crippen LogP contribution >= 0.6 is 11.8 Å². The van der Waals surface area contributed by atoms with Gasteiger partial charge in [0.1, 0.15) is 11.8 Å². The number of carbonyl (C=O) groups excluding carboxylic acids is 1. The lowest BCUT2D eigenvalue weighted by Gasteiger charge is -2.28. The van der Waals surface area contributed by atoms with Crippen LogP contribution < -0.4 is 4.90 Å². The van der Waals surface area contributed by atoms with E-state index in [4.69, 9.17) is 0 Å². The van der Waals surface area contributed by atoms with Crippen LogP contribution in [-0.2, 0) is 4.79 Å². The largest absolute Gasteiger partial charge is 0.348 e. The van der Waals surface area contributed by atoms with E-state index in [0.717, 1.165) is 30.1 Å². The topological polar surface area (TPSA) is 78.0 Å². The fourth-order valence-electron chi connectivity index (χ4n) is 2.23. The van der Waals surface area contributed by atoms with Gasteiger partial charge in [-0.25, -0.2) is 15.0 Å². The fourth-order valence-corrected chi connectivity index (χ4v) is 3.14. The van der Waals surface area contributed by atoms with E-state index in [9.17, 15) is 4.79 Å². The number of amides is 1. The Kier molecular flexibility index (Phi) is 3.72. The third-order valence-electron chi connectivity index (χ3n) is 3.30. The average molecular weight is 292 g/mol. The Labute approximate surface area is 120 Å². The summed E-state index contributed by atoms with van der Waals surface area (Å²) in [5.41, 5.74) is 1.38. The van der Waals surface area contributed by atoms with Crippen LogP contribution in [0.25, 0.3) is 11.2 Å².